The molecule has 4 nitrogen and oxygen atoms in total. The number of benzene rings is 2. The van der Waals surface area contributed by atoms with E-state index < -0.39 is 0 Å². The van der Waals surface area contributed by atoms with Crippen LogP contribution in [0.2, 0.25) is 0 Å². The zero-order chi connectivity index (χ0) is 14.8. The quantitative estimate of drug-likeness (QED) is 0.700. The van der Waals surface area contributed by atoms with E-state index in [0.29, 0.717) is 32.9 Å². The molecule has 0 aliphatic heterocycles. The fourth-order valence-electron chi connectivity index (χ4n) is 1.78. The van der Waals surface area contributed by atoms with Crippen molar-refractivity contribution < 1.29 is 8.91 Å². The summed E-state index contributed by atoms with van der Waals surface area (Å²) in [4.78, 5) is 4.27. The maximum Gasteiger partial charge on any atom is 0.258 e. The summed E-state index contributed by atoms with van der Waals surface area (Å²) in [6.45, 7) is 0. The van der Waals surface area contributed by atoms with Gasteiger partial charge in [-0.15, -0.1) is 0 Å². The van der Waals surface area contributed by atoms with Gasteiger partial charge in [0, 0.05) is 11.1 Å². The molecule has 0 saturated carbocycles. The van der Waals surface area contributed by atoms with Crippen LogP contribution in [0, 0.1) is 17.1 Å². The molecule has 6 heteroatoms. The van der Waals surface area contributed by atoms with Crippen molar-refractivity contribution in [2.24, 2.45) is 0 Å². The zero-order valence-corrected chi connectivity index (χ0v) is 12.1. The second-order valence-electron chi connectivity index (χ2n) is 4.24. The van der Waals surface area contributed by atoms with E-state index in [4.69, 9.17) is 9.78 Å². The summed E-state index contributed by atoms with van der Waals surface area (Å²) in [6.07, 6.45) is 0. The van der Waals surface area contributed by atoms with Gasteiger partial charge in [-0.1, -0.05) is 5.16 Å². The number of hydrogen-bond acceptors (Lipinski definition) is 4. The van der Waals surface area contributed by atoms with Crippen molar-refractivity contribution in [1.29, 1.82) is 5.26 Å². The number of nitrogens with zero attached hydrogens (tertiary/aromatic N) is 3. The van der Waals surface area contributed by atoms with Gasteiger partial charge in [-0.3, -0.25) is 0 Å². The molecule has 1 aromatic heterocycles. The first kappa shape index (κ1) is 13.5. The predicted octanol–water partition coefficient (Wildman–Crippen LogP) is 4.18. The molecule has 3 aromatic rings. The largest absolute Gasteiger partial charge is 0.334 e. The van der Waals surface area contributed by atoms with E-state index in [1.165, 1.54) is 6.07 Å². The van der Waals surface area contributed by atoms with Crippen molar-refractivity contribution in [2.75, 3.05) is 0 Å². The van der Waals surface area contributed by atoms with E-state index in [2.05, 4.69) is 26.1 Å². The van der Waals surface area contributed by atoms with Gasteiger partial charge in [0.2, 0.25) is 5.82 Å². The molecule has 1 heterocycles. The number of aromatic nitrogens is 2. The smallest absolute Gasteiger partial charge is 0.258 e. The van der Waals surface area contributed by atoms with Crippen LogP contribution in [0.3, 0.4) is 0 Å². The first-order valence-electron chi connectivity index (χ1n) is 5.97. The Balaban J connectivity index is 1.95. The molecule has 0 aliphatic carbocycles. The minimum Gasteiger partial charge on any atom is -0.334 e. The minimum atomic E-state index is -0.352. The molecule has 0 spiro atoms. The summed E-state index contributed by atoms with van der Waals surface area (Å²) in [6, 6.07) is 13.3. The van der Waals surface area contributed by atoms with Crippen LogP contribution in [0.15, 0.2) is 51.5 Å². The average molecular weight is 344 g/mol. The Kier molecular flexibility index (Phi) is 3.50. The van der Waals surface area contributed by atoms with Gasteiger partial charge in [0.1, 0.15) is 5.82 Å². The molecule has 0 radical (unpaired) electrons. The van der Waals surface area contributed by atoms with E-state index in [0.717, 1.165) is 0 Å². The van der Waals surface area contributed by atoms with Crippen LogP contribution >= 0.6 is 15.9 Å². The van der Waals surface area contributed by atoms with Crippen LogP contribution in [-0.2, 0) is 0 Å². The van der Waals surface area contributed by atoms with Gasteiger partial charge in [-0.25, -0.2) is 4.39 Å². The Hall–Kier alpha value is -2.52. The summed E-state index contributed by atoms with van der Waals surface area (Å²) in [7, 11) is 0. The summed E-state index contributed by atoms with van der Waals surface area (Å²) in [5.74, 6) is 0.361. The van der Waals surface area contributed by atoms with Gasteiger partial charge in [0.05, 0.1) is 16.1 Å². The molecule has 3 rings (SSSR count). The zero-order valence-electron chi connectivity index (χ0n) is 10.5. The summed E-state index contributed by atoms with van der Waals surface area (Å²) < 4.78 is 18.8. The van der Waals surface area contributed by atoms with Crippen LogP contribution in [0.1, 0.15) is 5.56 Å². The van der Waals surface area contributed by atoms with Crippen LogP contribution in [0.4, 0.5) is 4.39 Å². The van der Waals surface area contributed by atoms with Crippen LogP contribution < -0.4 is 0 Å². The van der Waals surface area contributed by atoms with Crippen LogP contribution in [0.5, 0.6) is 0 Å². The molecular weight excluding hydrogens is 337 g/mol. The Morgan fingerprint density at radius 2 is 1.81 bits per heavy atom. The van der Waals surface area contributed by atoms with Crippen LogP contribution in [-0.4, -0.2) is 10.1 Å². The third-order valence-electron chi connectivity index (χ3n) is 2.86. The van der Waals surface area contributed by atoms with Gasteiger partial charge in [0.25, 0.3) is 5.89 Å². The first-order valence-corrected chi connectivity index (χ1v) is 6.76. The summed E-state index contributed by atoms with van der Waals surface area (Å²) in [5.41, 5.74) is 1.92. The van der Waals surface area contributed by atoms with Crippen molar-refractivity contribution in [2.45, 2.75) is 0 Å². The molecule has 0 aliphatic rings. The lowest BCUT2D eigenvalue weighted by molar-refractivity contribution is 0.432. The third-order valence-corrected chi connectivity index (χ3v) is 3.47. The molecule has 0 fully saturated rings. The van der Waals surface area contributed by atoms with Gasteiger partial charge in [0.15, 0.2) is 0 Å². The number of hydrogen-bond donors (Lipinski definition) is 0. The fourth-order valence-corrected chi connectivity index (χ4v) is 2.16. The Labute approximate surface area is 128 Å². The summed E-state index contributed by atoms with van der Waals surface area (Å²) >= 11 is 3.12. The highest BCUT2D eigenvalue weighted by Crippen LogP contribution is 2.25. The van der Waals surface area contributed by atoms with Crippen molar-refractivity contribution in [1.82, 2.24) is 10.1 Å². The predicted molar refractivity (Wildman–Crippen MR) is 77.5 cm³/mol. The lowest BCUT2D eigenvalue weighted by Gasteiger charge is -1.97. The number of halogens is 2. The molecule has 102 valence electrons. The highest BCUT2D eigenvalue weighted by molar-refractivity contribution is 9.10. The average Bonchev–Trinajstić information content (AvgIpc) is 3.00. The lowest BCUT2D eigenvalue weighted by Crippen LogP contribution is -1.84. The van der Waals surface area contributed by atoms with Gasteiger partial charge in [-0.05, 0) is 58.4 Å². The second-order valence-corrected chi connectivity index (χ2v) is 5.10. The van der Waals surface area contributed by atoms with Gasteiger partial charge < -0.3 is 4.52 Å². The second kappa shape index (κ2) is 5.46. The highest BCUT2D eigenvalue weighted by atomic mass is 79.9. The molecule has 2 aromatic carbocycles. The monoisotopic (exact) mass is 343 g/mol. The third kappa shape index (κ3) is 2.69. The van der Waals surface area contributed by atoms with E-state index in [9.17, 15) is 4.39 Å². The van der Waals surface area contributed by atoms with E-state index in [1.807, 2.05) is 6.07 Å². The molecule has 0 unspecified atom stereocenters. The SMILES string of the molecule is N#Cc1ccc(-c2nc(-c3ccc(F)c(Br)c3)no2)cc1. The van der Waals surface area contributed by atoms with Gasteiger partial charge in [-0.2, -0.15) is 10.2 Å². The Morgan fingerprint density at radius 1 is 1.10 bits per heavy atom. The van der Waals surface area contributed by atoms with Crippen molar-refractivity contribution in [3.8, 4) is 28.9 Å². The molecule has 0 N–H and O–H groups in total. The molecular formula is C15H7BrFN3O. The molecule has 0 atom stereocenters. The van der Waals surface area contributed by atoms with Crippen molar-refractivity contribution >= 4 is 15.9 Å². The maximum absolute atomic E-state index is 13.2. The lowest BCUT2D eigenvalue weighted by atomic mass is 10.1. The van der Waals surface area contributed by atoms with E-state index >= 15 is 0 Å². The van der Waals surface area contributed by atoms with Crippen LogP contribution in [0.25, 0.3) is 22.8 Å². The van der Waals surface area contributed by atoms with E-state index in [1.54, 1.807) is 36.4 Å². The van der Waals surface area contributed by atoms with E-state index in [-0.39, 0.29) is 5.82 Å². The topological polar surface area (TPSA) is 62.7 Å². The standard InChI is InChI=1S/C15H7BrFN3O/c16-12-7-11(5-6-13(12)17)14-19-15(21-20-14)10-3-1-9(8-18)2-4-10/h1-7H. The molecule has 0 amide bonds. The Bertz CT molecular complexity index is 837. The summed E-state index contributed by atoms with van der Waals surface area (Å²) in [5, 5.41) is 12.6. The molecule has 21 heavy (non-hydrogen) atoms. The normalized spacial score (nSPS) is 10.3. The highest BCUT2D eigenvalue weighted by Gasteiger charge is 2.12. The van der Waals surface area contributed by atoms with Crippen molar-refractivity contribution in [3.63, 3.8) is 0 Å². The molecule has 0 bridgehead atoms. The first-order chi connectivity index (χ1) is 10.2. The minimum absolute atomic E-state index is 0.338. The maximum atomic E-state index is 13.2. The Morgan fingerprint density at radius 3 is 2.48 bits per heavy atom. The number of nitriles is 1. The van der Waals surface area contributed by atoms with Gasteiger partial charge >= 0.3 is 0 Å². The molecule has 0 saturated heterocycles. The number of rotatable bonds is 2. The van der Waals surface area contributed by atoms with Crippen molar-refractivity contribution in [3.05, 3.63) is 58.3 Å². The fraction of sp³-hybridized carbons (Fsp3) is 0.